The lowest BCUT2D eigenvalue weighted by Crippen LogP contribution is -2.32. The summed E-state index contributed by atoms with van der Waals surface area (Å²) in [7, 11) is 0. The molecular formula is C6H9I2NO. The third-order valence-corrected chi connectivity index (χ3v) is 5.21. The standard InChI is InChI=1S/C6H9I2NO/c7-4-5(8)9-3-1-2-6(9)10/h5H,1-4H2. The second-order valence-electron chi connectivity index (χ2n) is 2.28. The summed E-state index contributed by atoms with van der Waals surface area (Å²) >= 11 is 4.63. The Balaban J connectivity index is 2.46. The molecule has 0 saturated carbocycles. The van der Waals surface area contributed by atoms with Crippen LogP contribution in [0.4, 0.5) is 0 Å². The summed E-state index contributed by atoms with van der Waals surface area (Å²) in [5.41, 5.74) is 0. The Morgan fingerprint density at radius 3 is 2.80 bits per heavy atom. The normalized spacial score (nSPS) is 21.8. The molecule has 0 aromatic heterocycles. The van der Waals surface area contributed by atoms with Crippen LogP contribution in [0.1, 0.15) is 12.8 Å². The van der Waals surface area contributed by atoms with Crippen LogP contribution in [-0.2, 0) is 4.79 Å². The third-order valence-electron chi connectivity index (χ3n) is 1.58. The van der Waals surface area contributed by atoms with E-state index in [9.17, 15) is 4.79 Å². The Hall–Kier alpha value is 0.930. The number of alkyl halides is 2. The molecule has 0 aromatic rings. The van der Waals surface area contributed by atoms with Crippen molar-refractivity contribution in [1.29, 1.82) is 0 Å². The summed E-state index contributed by atoms with van der Waals surface area (Å²) in [6, 6.07) is 0. The highest BCUT2D eigenvalue weighted by Gasteiger charge is 2.24. The van der Waals surface area contributed by atoms with E-state index in [0.717, 1.165) is 23.8 Å². The van der Waals surface area contributed by atoms with E-state index >= 15 is 0 Å². The monoisotopic (exact) mass is 365 g/mol. The molecule has 1 unspecified atom stereocenters. The highest BCUT2D eigenvalue weighted by molar-refractivity contribution is 14.1. The fraction of sp³-hybridized carbons (Fsp3) is 0.833. The van der Waals surface area contributed by atoms with Gasteiger partial charge in [0.15, 0.2) is 0 Å². The first-order valence-electron chi connectivity index (χ1n) is 3.25. The first kappa shape index (κ1) is 9.02. The van der Waals surface area contributed by atoms with E-state index < -0.39 is 0 Å². The number of carbonyl (C=O) groups excluding carboxylic acids is 1. The highest BCUT2D eigenvalue weighted by Crippen LogP contribution is 2.19. The second-order valence-corrected chi connectivity index (χ2v) is 4.60. The van der Waals surface area contributed by atoms with Crippen molar-refractivity contribution in [2.75, 3.05) is 11.0 Å². The SMILES string of the molecule is O=C1CCCN1C(I)CI. The number of halogens is 2. The van der Waals surface area contributed by atoms with Gasteiger partial charge in [0.25, 0.3) is 0 Å². The van der Waals surface area contributed by atoms with Gasteiger partial charge in [0.1, 0.15) is 0 Å². The molecule has 1 aliphatic heterocycles. The number of nitrogens with zero attached hydrogens (tertiary/aromatic N) is 1. The molecule has 10 heavy (non-hydrogen) atoms. The minimum Gasteiger partial charge on any atom is -0.330 e. The van der Waals surface area contributed by atoms with Crippen LogP contribution in [0.5, 0.6) is 0 Å². The second kappa shape index (κ2) is 4.08. The van der Waals surface area contributed by atoms with Gasteiger partial charge >= 0.3 is 0 Å². The van der Waals surface area contributed by atoms with Gasteiger partial charge < -0.3 is 4.90 Å². The third kappa shape index (κ3) is 1.96. The average molecular weight is 365 g/mol. The van der Waals surface area contributed by atoms with Crippen molar-refractivity contribution < 1.29 is 4.79 Å². The lowest BCUT2D eigenvalue weighted by atomic mass is 10.4. The molecule has 0 N–H and O–H groups in total. The number of rotatable bonds is 2. The molecule has 1 atom stereocenters. The minimum atomic E-state index is 0.330. The van der Waals surface area contributed by atoms with Crippen LogP contribution in [0.25, 0.3) is 0 Å². The lowest BCUT2D eigenvalue weighted by Gasteiger charge is -2.20. The first-order valence-corrected chi connectivity index (χ1v) is 6.02. The number of likely N-dealkylation sites (tertiary alicyclic amines) is 1. The zero-order chi connectivity index (χ0) is 7.56. The summed E-state index contributed by atoms with van der Waals surface area (Å²) in [4.78, 5) is 13.1. The Kier molecular flexibility index (Phi) is 3.68. The molecule has 0 spiro atoms. The van der Waals surface area contributed by atoms with E-state index in [1.807, 2.05) is 4.90 Å². The van der Waals surface area contributed by atoms with Gasteiger partial charge in [-0.1, -0.05) is 45.2 Å². The van der Waals surface area contributed by atoms with Crippen LogP contribution in [0.2, 0.25) is 0 Å². The van der Waals surface area contributed by atoms with Crippen molar-refractivity contribution in [3.05, 3.63) is 0 Å². The average Bonchev–Trinajstić information content (AvgIpc) is 2.34. The van der Waals surface area contributed by atoms with Crippen LogP contribution in [-0.4, -0.2) is 25.8 Å². The van der Waals surface area contributed by atoms with E-state index in [0.29, 0.717) is 9.96 Å². The van der Waals surface area contributed by atoms with Crippen molar-refractivity contribution >= 4 is 51.1 Å². The van der Waals surface area contributed by atoms with E-state index in [1.54, 1.807) is 0 Å². The van der Waals surface area contributed by atoms with Crippen molar-refractivity contribution in [3.63, 3.8) is 0 Å². The van der Waals surface area contributed by atoms with Crippen molar-refractivity contribution in [2.24, 2.45) is 0 Å². The molecular weight excluding hydrogens is 356 g/mol. The molecule has 0 radical (unpaired) electrons. The summed E-state index contributed by atoms with van der Waals surface area (Å²) in [5.74, 6) is 0.330. The molecule has 0 aliphatic carbocycles. The molecule has 1 amide bonds. The smallest absolute Gasteiger partial charge is 0.223 e. The van der Waals surface area contributed by atoms with Gasteiger partial charge in [-0.25, -0.2) is 0 Å². The van der Waals surface area contributed by atoms with Gasteiger partial charge in [-0.05, 0) is 6.42 Å². The molecule has 1 aliphatic rings. The zero-order valence-electron chi connectivity index (χ0n) is 5.52. The maximum atomic E-state index is 11.1. The summed E-state index contributed by atoms with van der Waals surface area (Å²) in [6.07, 6.45) is 1.81. The maximum absolute atomic E-state index is 11.1. The maximum Gasteiger partial charge on any atom is 0.223 e. The fourth-order valence-electron chi connectivity index (χ4n) is 1.05. The quantitative estimate of drug-likeness (QED) is 0.415. The summed E-state index contributed by atoms with van der Waals surface area (Å²) < 4.78 is 1.44. The van der Waals surface area contributed by atoms with Crippen molar-refractivity contribution in [3.8, 4) is 0 Å². The highest BCUT2D eigenvalue weighted by atomic mass is 127. The molecule has 1 heterocycles. The number of hydrogen-bond acceptors (Lipinski definition) is 1. The van der Waals surface area contributed by atoms with E-state index in [2.05, 4.69) is 45.2 Å². The van der Waals surface area contributed by atoms with Crippen LogP contribution in [0.3, 0.4) is 0 Å². The van der Waals surface area contributed by atoms with Gasteiger partial charge in [-0.2, -0.15) is 0 Å². The summed E-state index contributed by atoms with van der Waals surface area (Å²) in [5, 5.41) is 0. The predicted octanol–water partition coefficient (Wildman–Crippen LogP) is 1.80. The Morgan fingerprint density at radius 2 is 2.40 bits per heavy atom. The van der Waals surface area contributed by atoms with Gasteiger partial charge in [0, 0.05) is 17.4 Å². The van der Waals surface area contributed by atoms with Crippen LogP contribution < -0.4 is 0 Å². The molecule has 0 bridgehead atoms. The number of hydrogen-bond donors (Lipinski definition) is 0. The molecule has 0 aromatic carbocycles. The number of amides is 1. The molecule has 1 saturated heterocycles. The lowest BCUT2D eigenvalue weighted by molar-refractivity contribution is -0.127. The Morgan fingerprint density at radius 1 is 1.70 bits per heavy atom. The van der Waals surface area contributed by atoms with Crippen molar-refractivity contribution in [1.82, 2.24) is 4.90 Å². The van der Waals surface area contributed by atoms with Gasteiger partial charge in [-0.15, -0.1) is 0 Å². The molecule has 4 heteroatoms. The predicted molar refractivity (Wildman–Crippen MR) is 57.6 cm³/mol. The van der Waals surface area contributed by atoms with E-state index in [-0.39, 0.29) is 0 Å². The van der Waals surface area contributed by atoms with Crippen molar-refractivity contribution in [2.45, 2.75) is 16.9 Å². The minimum absolute atomic E-state index is 0.330. The topological polar surface area (TPSA) is 20.3 Å². The van der Waals surface area contributed by atoms with Gasteiger partial charge in [0.05, 0.1) is 4.05 Å². The zero-order valence-corrected chi connectivity index (χ0v) is 9.83. The molecule has 2 nitrogen and oxygen atoms in total. The van der Waals surface area contributed by atoms with Gasteiger partial charge in [0.2, 0.25) is 5.91 Å². The van der Waals surface area contributed by atoms with Gasteiger partial charge in [-0.3, -0.25) is 4.79 Å². The first-order chi connectivity index (χ1) is 4.75. The molecule has 1 rings (SSSR count). The van der Waals surface area contributed by atoms with E-state index in [4.69, 9.17) is 0 Å². The Bertz CT molecular complexity index is 140. The summed E-state index contributed by atoms with van der Waals surface area (Å²) in [6.45, 7) is 0.968. The Labute approximate surface area is 88.0 Å². The molecule has 1 fully saturated rings. The molecule has 58 valence electrons. The van der Waals surface area contributed by atoms with Crippen LogP contribution >= 0.6 is 45.2 Å². The van der Waals surface area contributed by atoms with Crippen LogP contribution in [0.15, 0.2) is 0 Å². The fourth-order valence-corrected chi connectivity index (χ4v) is 2.11. The van der Waals surface area contributed by atoms with Crippen LogP contribution in [0, 0.1) is 0 Å². The largest absolute Gasteiger partial charge is 0.330 e. The van der Waals surface area contributed by atoms with E-state index in [1.165, 1.54) is 0 Å². The number of carbonyl (C=O) groups is 1.